The van der Waals surface area contributed by atoms with Gasteiger partial charge < -0.3 is 29.6 Å². The number of nitrogens with one attached hydrogen (secondary N) is 1. The molecule has 1 aliphatic heterocycles. The van der Waals surface area contributed by atoms with Crippen LogP contribution < -0.4 is 11.2 Å². The predicted molar refractivity (Wildman–Crippen MR) is 91.2 cm³/mol. The Morgan fingerprint density at radius 1 is 1.29 bits per heavy atom. The van der Waals surface area contributed by atoms with Gasteiger partial charge in [-0.15, -0.1) is 12.4 Å². The summed E-state index contributed by atoms with van der Waals surface area (Å²) in [4.78, 5) is 46.4. The average molecular weight is 470 g/mol. The van der Waals surface area contributed by atoms with E-state index >= 15 is 0 Å². The van der Waals surface area contributed by atoms with Crippen LogP contribution in [0.5, 0.6) is 0 Å². The lowest BCUT2D eigenvalue weighted by Crippen LogP contribution is -2.36. The van der Waals surface area contributed by atoms with E-state index in [1.165, 1.54) is 19.4 Å². The third-order valence-corrected chi connectivity index (χ3v) is 5.41. The molecule has 5 atom stereocenters. The molecule has 0 bridgehead atoms. The van der Waals surface area contributed by atoms with Crippen molar-refractivity contribution in [1.29, 1.82) is 0 Å². The summed E-state index contributed by atoms with van der Waals surface area (Å²) in [5.41, 5.74) is 1.45. The first-order chi connectivity index (χ1) is 12.4. The lowest BCUT2D eigenvalue weighted by Gasteiger charge is -2.18. The van der Waals surface area contributed by atoms with E-state index in [9.17, 15) is 29.0 Å². The third kappa shape index (κ3) is 6.56. The van der Waals surface area contributed by atoms with E-state index in [0.717, 1.165) is 4.57 Å². The number of aromatic nitrogens is 2. The minimum absolute atomic E-state index is 0. The quantitative estimate of drug-likeness (QED) is 0.188. The average Bonchev–Trinajstić information content (AvgIpc) is 2.79. The van der Waals surface area contributed by atoms with Crippen LogP contribution in [0.3, 0.4) is 0 Å². The van der Waals surface area contributed by atoms with Gasteiger partial charge in [0.05, 0.1) is 13.7 Å². The van der Waals surface area contributed by atoms with Crippen molar-refractivity contribution in [3.05, 3.63) is 22.7 Å². The second-order valence-electron chi connectivity index (χ2n) is 5.19. The molecule has 28 heavy (non-hydrogen) atoms. The Morgan fingerprint density at radius 3 is 2.46 bits per heavy atom. The smallest absolute Gasteiger partial charge is 0.387 e. The zero-order valence-corrected chi connectivity index (χ0v) is 16.6. The molecular weight excluding hydrogens is 452 g/mol. The molecular formula is C10H18ClN3O12P2. The molecule has 1 fully saturated rings. The van der Waals surface area contributed by atoms with Crippen LogP contribution in [0, 0.1) is 0 Å². The van der Waals surface area contributed by atoms with Crippen LogP contribution in [-0.2, 0) is 27.5 Å². The molecule has 0 aromatic carbocycles. The predicted octanol–water partition coefficient (Wildman–Crippen LogP) is -1.52. The van der Waals surface area contributed by atoms with Gasteiger partial charge in [0, 0.05) is 6.20 Å². The zero-order valence-electron chi connectivity index (χ0n) is 14.0. The molecule has 162 valence electrons. The molecule has 0 spiro atoms. The van der Waals surface area contributed by atoms with Gasteiger partial charge in [-0.1, -0.05) is 0 Å². The minimum atomic E-state index is -5.31. The van der Waals surface area contributed by atoms with Gasteiger partial charge in [0.25, 0.3) is 0 Å². The number of ether oxygens (including phenoxy) is 1. The van der Waals surface area contributed by atoms with Crippen LogP contribution in [0.4, 0.5) is 5.82 Å². The van der Waals surface area contributed by atoms with Gasteiger partial charge in [0.1, 0.15) is 18.3 Å². The summed E-state index contributed by atoms with van der Waals surface area (Å²) in [5, 5.41) is 20.0. The SMILES string of the molecule is CONc1ccn([C@@H]2O[C@H](COP(=O)(O)OP(=O)(O)O)[C@@H](O)[C@H]2O)c(=O)n1.Cl. The first-order valence-corrected chi connectivity index (χ1v) is 10.1. The van der Waals surface area contributed by atoms with Crippen molar-refractivity contribution in [3.63, 3.8) is 0 Å². The first kappa shape index (κ1) is 25.1. The first-order valence-electron chi connectivity index (χ1n) is 7.07. The Balaban J connectivity index is 0.00000392. The van der Waals surface area contributed by atoms with Gasteiger partial charge in [-0.2, -0.15) is 9.29 Å². The monoisotopic (exact) mass is 469 g/mol. The Kier molecular flexibility index (Phi) is 8.71. The molecule has 2 heterocycles. The van der Waals surface area contributed by atoms with Crippen molar-refractivity contribution in [2.24, 2.45) is 0 Å². The standard InChI is InChI=1S/C10H17N3O12P2.ClH/c1-22-12-6-2-3-13(10(16)11-6)9-8(15)7(14)5(24-9)4-23-27(20,21)25-26(17,18)19;/h2-3,5,7-9,14-15H,4H2,1H3,(H,20,21)(H,11,12,16)(H2,17,18,19);1H/t5-,7-,8-,9-;/m1./s1. The maximum atomic E-state index is 12.0. The molecule has 1 aromatic rings. The fourth-order valence-corrected chi connectivity index (χ4v) is 3.79. The molecule has 1 unspecified atom stereocenters. The highest BCUT2D eigenvalue weighted by Crippen LogP contribution is 2.57. The lowest BCUT2D eigenvalue weighted by atomic mass is 10.1. The number of nitrogens with zero attached hydrogens (tertiary/aromatic N) is 2. The summed E-state index contributed by atoms with van der Waals surface area (Å²) in [7, 11) is -9.18. The number of hydrogen-bond donors (Lipinski definition) is 6. The van der Waals surface area contributed by atoms with Crippen LogP contribution in [0.1, 0.15) is 6.23 Å². The fraction of sp³-hybridized carbons (Fsp3) is 0.600. The van der Waals surface area contributed by atoms with E-state index in [0.29, 0.717) is 0 Å². The molecule has 6 N–H and O–H groups in total. The van der Waals surface area contributed by atoms with Crippen LogP contribution in [-0.4, -0.2) is 66.5 Å². The molecule has 0 radical (unpaired) electrons. The van der Waals surface area contributed by atoms with Crippen molar-refractivity contribution >= 4 is 33.9 Å². The molecule has 0 amide bonds. The Bertz CT molecular complexity index is 817. The largest absolute Gasteiger partial charge is 0.481 e. The maximum absolute atomic E-state index is 12.0. The topological polar surface area (TPSA) is 219 Å². The van der Waals surface area contributed by atoms with Crippen LogP contribution in [0.2, 0.25) is 0 Å². The molecule has 0 saturated carbocycles. The van der Waals surface area contributed by atoms with Crippen molar-refractivity contribution in [2.75, 3.05) is 19.2 Å². The Labute approximate surface area is 163 Å². The number of anilines is 1. The van der Waals surface area contributed by atoms with Crippen molar-refractivity contribution < 1.29 is 52.4 Å². The van der Waals surface area contributed by atoms with Gasteiger partial charge in [-0.25, -0.2) is 19.4 Å². The number of aliphatic hydroxyl groups is 2. The second-order valence-corrected chi connectivity index (χ2v) is 8.02. The van der Waals surface area contributed by atoms with Gasteiger partial charge in [-0.05, 0) is 6.07 Å². The van der Waals surface area contributed by atoms with E-state index in [1.54, 1.807) is 0 Å². The summed E-state index contributed by atoms with van der Waals surface area (Å²) < 4.78 is 36.0. The Morgan fingerprint density at radius 2 is 1.93 bits per heavy atom. The van der Waals surface area contributed by atoms with Gasteiger partial charge >= 0.3 is 21.3 Å². The summed E-state index contributed by atoms with van der Waals surface area (Å²) in [6.07, 6.45) is -4.94. The van der Waals surface area contributed by atoms with Crippen LogP contribution in [0.15, 0.2) is 17.1 Å². The van der Waals surface area contributed by atoms with Crippen LogP contribution >= 0.6 is 28.1 Å². The van der Waals surface area contributed by atoms with E-state index in [4.69, 9.17) is 14.5 Å². The van der Waals surface area contributed by atoms with E-state index in [1.807, 2.05) is 0 Å². The van der Waals surface area contributed by atoms with E-state index in [2.05, 4.69) is 24.1 Å². The van der Waals surface area contributed by atoms with Crippen molar-refractivity contribution in [2.45, 2.75) is 24.5 Å². The minimum Gasteiger partial charge on any atom is -0.387 e. The number of aliphatic hydroxyl groups excluding tert-OH is 2. The van der Waals surface area contributed by atoms with Crippen LogP contribution in [0.25, 0.3) is 0 Å². The highest BCUT2D eigenvalue weighted by atomic mass is 35.5. The molecule has 18 heteroatoms. The molecule has 0 aliphatic carbocycles. The lowest BCUT2D eigenvalue weighted by molar-refractivity contribution is -0.0541. The van der Waals surface area contributed by atoms with Gasteiger partial charge in [0.2, 0.25) is 0 Å². The van der Waals surface area contributed by atoms with E-state index in [-0.39, 0.29) is 18.2 Å². The summed E-state index contributed by atoms with van der Waals surface area (Å²) in [6.45, 7) is -0.881. The zero-order chi connectivity index (χ0) is 20.4. The number of phosphoric ester groups is 1. The molecule has 1 aliphatic rings. The van der Waals surface area contributed by atoms with Crippen molar-refractivity contribution in [3.8, 4) is 0 Å². The summed E-state index contributed by atoms with van der Waals surface area (Å²) in [5.74, 6) is 0.0717. The van der Waals surface area contributed by atoms with E-state index < -0.39 is 52.5 Å². The molecule has 1 aromatic heterocycles. The van der Waals surface area contributed by atoms with Gasteiger partial charge in [0.15, 0.2) is 12.0 Å². The second kappa shape index (κ2) is 9.71. The normalized spacial score (nSPS) is 27.1. The van der Waals surface area contributed by atoms with Gasteiger partial charge in [-0.3, -0.25) is 13.9 Å². The number of hydrogen-bond acceptors (Lipinski definition) is 11. The number of rotatable bonds is 8. The fourth-order valence-electron chi connectivity index (χ4n) is 2.19. The Hall–Kier alpha value is -0.930. The third-order valence-electron chi connectivity index (χ3n) is 3.26. The number of halogens is 1. The summed E-state index contributed by atoms with van der Waals surface area (Å²) in [6, 6.07) is 1.31. The van der Waals surface area contributed by atoms with Crippen molar-refractivity contribution in [1.82, 2.24) is 9.55 Å². The molecule has 15 nitrogen and oxygen atoms in total. The highest BCUT2D eigenvalue weighted by Gasteiger charge is 2.45. The molecule has 1 saturated heterocycles. The number of phosphoric acid groups is 2. The highest BCUT2D eigenvalue weighted by molar-refractivity contribution is 7.60. The molecule has 2 rings (SSSR count). The maximum Gasteiger partial charge on any atom is 0.481 e. The summed E-state index contributed by atoms with van der Waals surface area (Å²) >= 11 is 0.